The van der Waals surface area contributed by atoms with Crippen molar-refractivity contribution in [1.29, 1.82) is 0 Å². The molecule has 0 bridgehead atoms. The van der Waals surface area contributed by atoms with Gasteiger partial charge in [0.25, 0.3) is 5.91 Å². The van der Waals surface area contributed by atoms with E-state index < -0.39 is 0 Å². The van der Waals surface area contributed by atoms with Gasteiger partial charge in [-0.25, -0.2) is 0 Å². The largest absolute Gasteiger partial charge is 0.343 e. The van der Waals surface area contributed by atoms with Crippen molar-refractivity contribution < 1.29 is 4.79 Å². The second-order valence-corrected chi connectivity index (χ2v) is 5.40. The molecule has 0 aliphatic carbocycles. The molecule has 94 valence electrons. The van der Waals surface area contributed by atoms with Crippen molar-refractivity contribution in [2.45, 2.75) is 32.4 Å². The molecule has 0 radical (unpaired) electrons. The Hall–Kier alpha value is -0.810. The minimum Gasteiger partial charge on any atom is -0.343 e. The number of hydrogen-bond donors (Lipinski definition) is 1. The zero-order chi connectivity index (χ0) is 12.4. The third-order valence-corrected chi connectivity index (χ3v) is 3.60. The number of aryl methyl sites for hydroxylation is 1. The maximum atomic E-state index is 12.4. The predicted molar refractivity (Wildman–Crippen MR) is 70.9 cm³/mol. The molecule has 0 saturated carbocycles. The fourth-order valence-electron chi connectivity index (χ4n) is 2.27. The number of carbonyl (C=O) groups excluding carboxylic acids is 1. The van der Waals surface area contributed by atoms with E-state index in [0.717, 1.165) is 36.1 Å². The SMILES string of the molecule is CCn1cc(Br)cc1C(=O)N1CCCC(N)C1. The van der Waals surface area contributed by atoms with Crippen LogP contribution in [0, 0.1) is 0 Å². The highest BCUT2D eigenvalue weighted by molar-refractivity contribution is 9.10. The summed E-state index contributed by atoms with van der Waals surface area (Å²) in [5.41, 5.74) is 6.65. The summed E-state index contributed by atoms with van der Waals surface area (Å²) in [5, 5.41) is 0. The fourth-order valence-corrected chi connectivity index (χ4v) is 2.74. The third kappa shape index (κ3) is 2.72. The van der Waals surface area contributed by atoms with E-state index in [0.29, 0.717) is 6.54 Å². The highest BCUT2D eigenvalue weighted by Crippen LogP contribution is 2.18. The Bertz CT molecular complexity index is 416. The molecule has 2 rings (SSSR count). The molecule has 1 aliphatic rings. The predicted octanol–water partition coefficient (Wildman–Crippen LogP) is 1.83. The Morgan fingerprint density at radius 2 is 2.41 bits per heavy atom. The lowest BCUT2D eigenvalue weighted by Gasteiger charge is -2.30. The van der Waals surface area contributed by atoms with Crippen LogP contribution in [-0.2, 0) is 6.54 Å². The summed E-state index contributed by atoms with van der Waals surface area (Å²) < 4.78 is 2.91. The van der Waals surface area contributed by atoms with Crippen LogP contribution in [-0.4, -0.2) is 34.5 Å². The van der Waals surface area contributed by atoms with Crippen molar-refractivity contribution in [2.75, 3.05) is 13.1 Å². The fraction of sp³-hybridized carbons (Fsp3) is 0.583. The molecule has 4 nitrogen and oxygen atoms in total. The van der Waals surface area contributed by atoms with Crippen LogP contribution in [0.4, 0.5) is 0 Å². The zero-order valence-electron chi connectivity index (χ0n) is 10.0. The molecule has 1 saturated heterocycles. The number of amides is 1. The lowest BCUT2D eigenvalue weighted by Crippen LogP contribution is -2.46. The molecular formula is C12H18BrN3O. The Labute approximate surface area is 110 Å². The Balaban J connectivity index is 2.18. The summed E-state index contributed by atoms with van der Waals surface area (Å²) in [5.74, 6) is 0.0905. The van der Waals surface area contributed by atoms with Crippen LogP contribution in [0.5, 0.6) is 0 Å². The first-order chi connectivity index (χ1) is 8.11. The third-order valence-electron chi connectivity index (χ3n) is 3.17. The van der Waals surface area contributed by atoms with Crippen LogP contribution >= 0.6 is 15.9 Å². The normalized spacial score (nSPS) is 20.6. The van der Waals surface area contributed by atoms with E-state index in [1.807, 2.05) is 28.7 Å². The summed E-state index contributed by atoms with van der Waals surface area (Å²) >= 11 is 3.41. The molecule has 0 aromatic carbocycles. The zero-order valence-corrected chi connectivity index (χ0v) is 11.6. The molecule has 1 aromatic rings. The van der Waals surface area contributed by atoms with Crippen LogP contribution in [0.3, 0.4) is 0 Å². The van der Waals surface area contributed by atoms with Gasteiger partial charge in [0.15, 0.2) is 0 Å². The molecule has 1 aliphatic heterocycles. The number of rotatable bonds is 2. The maximum Gasteiger partial charge on any atom is 0.270 e. The van der Waals surface area contributed by atoms with Crippen molar-refractivity contribution in [3.05, 3.63) is 22.4 Å². The molecule has 1 unspecified atom stereocenters. The van der Waals surface area contributed by atoms with Gasteiger partial charge in [0, 0.05) is 36.3 Å². The topological polar surface area (TPSA) is 51.3 Å². The number of hydrogen-bond acceptors (Lipinski definition) is 2. The van der Waals surface area contributed by atoms with Crippen molar-refractivity contribution in [3.63, 3.8) is 0 Å². The Kier molecular flexibility index (Phi) is 3.89. The number of nitrogens with two attached hydrogens (primary N) is 1. The highest BCUT2D eigenvalue weighted by Gasteiger charge is 2.24. The molecule has 1 amide bonds. The summed E-state index contributed by atoms with van der Waals surface area (Å²) in [4.78, 5) is 14.2. The van der Waals surface area contributed by atoms with E-state index in [1.165, 1.54) is 0 Å². The summed E-state index contributed by atoms with van der Waals surface area (Å²) in [6.07, 6.45) is 3.96. The van der Waals surface area contributed by atoms with Gasteiger partial charge in [0.2, 0.25) is 0 Å². The number of likely N-dealkylation sites (tertiary alicyclic amines) is 1. The van der Waals surface area contributed by atoms with Gasteiger partial charge in [0.1, 0.15) is 5.69 Å². The number of nitrogens with zero attached hydrogens (tertiary/aromatic N) is 2. The molecule has 17 heavy (non-hydrogen) atoms. The molecule has 2 heterocycles. The molecule has 1 aromatic heterocycles. The van der Waals surface area contributed by atoms with Crippen LogP contribution in [0.2, 0.25) is 0 Å². The van der Waals surface area contributed by atoms with E-state index in [9.17, 15) is 4.79 Å². The summed E-state index contributed by atoms with van der Waals surface area (Å²) in [6, 6.07) is 2.01. The van der Waals surface area contributed by atoms with Gasteiger partial charge >= 0.3 is 0 Å². The van der Waals surface area contributed by atoms with Gasteiger partial charge < -0.3 is 15.2 Å². The first kappa shape index (κ1) is 12.6. The standard InChI is InChI=1S/C12H18BrN3O/c1-2-15-7-9(13)6-11(15)12(17)16-5-3-4-10(14)8-16/h6-7,10H,2-5,8,14H2,1H3. The number of carbonyl (C=O) groups is 1. The Morgan fingerprint density at radius 3 is 3.06 bits per heavy atom. The molecule has 1 fully saturated rings. The summed E-state index contributed by atoms with van der Waals surface area (Å²) in [6.45, 7) is 4.32. The molecule has 5 heteroatoms. The second-order valence-electron chi connectivity index (χ2n) is 4.48. The summed E-state index contributed by atoms with van der Waals surface area (Å²) in [7, 11) is 0. The number of aromatic nitrogens is 1. The van der Waals surface area contributed by atoms with Crippen molar-refractivity contribution in [1.82, 2.24) is 9.47 Å². The Morgan fingerprint density at radius 1 is 1.65 bits per heavy atom. The second kappa shape index (κ2) is 5.23. The number of halogens is 1. The van der Waals surface area contributed by atoms with Crippen molar-refractivity contribution in [3.8, 4) is 0 Å². The van der Waals surface area contributed by atoms with E-state index in [4.69, 9.17) is 5.73 Å². The average Bonchev–Trinajstić information content (AvgIpc) is 2.69. The molecular weight excluding hydrogens is 282 g/mol. The first-order valence-corrected chi connectivity index (χ1v) is 6.81. The first-order valence-electron chi connectivity index (χ1n) is 6.02. The van der Waals surface area contributed by atoms with Gasteiger partial charge in [-0.1, -0.05) is 0 Å². The van der Waals surface area contributed by atoms with Crippen molar-refractivity contribution in [2.24, 2.45) is 5.73 Å². The van der Waals surface area contributed by atoms with Crippen molar-refractivity contribution >= 4 is 21.8 Å². The smallest absolute Gasteiger partial charge is 0.270 e. The van der Waals surface area contributed by atoms with Crippen LogP contribution < -0.4 is 5.73 Å². The van der Waals surface area contributed by atoms with E-state index in [2.05, 4.69) is 15.9 Å². The van der Waals surface area contributed by atoms with E-state index in [1.54, 1.807) is 0 Å². The molecule has 1 atom stereocenters. The lowest BCUT2D eigenvalue weighted by molar-refractivity contribution is 0.0698. The number of piperidine rings is 1. The minimum absolute atomic E-state index is 0.0905. The highest BCUT2D eigenvalue weighted by atomic mass is 79.9. The van der Waals surface area contributed by atoms with E-state index >= 15 is 0 Å². The van der Waals surface area contributed by atoms with Gasteiger partial charge in [0.05, 0.1) is 0 Å². The van der Waals surface area contributed by atoms with Gasteiger partial charge in [-0.3, -0.25) is 4.79 Å². The molecule has 0 spiro atoms. The van der Waals surface area contributed by atoms with E-state index in [-0.39, 0.29) is 11.9 Å². The van der Waals surface area contributed by atoms with Crippen LogP contribution in [0.25, 0.3) is 0 Å². The van der Waals surface area contributed by atoms with Gasteiger partial charge in [-0.15, -0.1) is 0 Å². The molecule has 2 N–H and O–H groups in total. The lowest BCUT2D eigenvalue weighted by atomic mass is 10.1. The monoisotopic (exact) mass is 299 g/mol. The minimum atomic E-state index is 0.0905. The van der Waals surface area contributed by atoms with Gasteiger partial charge in [-0.2, -0.15) is 0 Å². The van der Waals surface area contributed by atoms with Gasteiger partial charge in [-0.05, 0) is 41.8 Å². The maximum absolute atomic E-state index is 12.4. The average molecular weight is 300 g/mol. The van der Waals surface area contributed by atoms with Crippen LogP contribution in [0.15, 0.2) is 16.7 Å². The quantitative estimate of drug-likeness (QED) is 0.906. The van der Waals surface area contributed by atoms with Crippen LogP contribution in [0.1, 0.15) is 30.3 Å².